The molecule has 0 aliphatic heterocycles. The number of carbonyl (C=O) groups excluding carboxylic acids is 1. The smallest absolute Gasteiger partial charge is 0.193 e. The number of benzene rings is 1. The van der Waals surface area contributed by atoms with Gasteiger partial charge in [0, 0.05) is 31.9 Å². The minimum atomic E-state index is -0.647. The Kier molecular flexibility index (Phi) is 12.6. The van der Waals surface area contributed by atoms with Crippen LogP contribution in [0.5, 0.6) is 0 Å². The second-order valence-corrected chi connectivity index (χ2v) is 8.45. The summed E-state index contributed by atoms with van der Waals surface area (Å²) in [6.45, 7) is 16.5. The minimum Gasteiger partial charge on any atom is -0.347 e. The van der Waals surface area contributed by atoms with E-state index in [1.165, 1.54) is 18.2 Å². The molecule has 3 rings (SSSR count). The van der Waals surface area contributed by atoms with Crippen molar-refractivity contribution in [3.05, 3.63) is 106 Å². The predicted octanol–water partition coefficient (Wildman–Crippen LogP) is 8.27. The Labute approximate surface area is 209 Å². The second-order valence-electron chi connectivity index (χ2n) is 8.45. The van der Waals surface area contributed by atoms with E-state index in [9.17, 15) is 18.4 Å². The first-order valence-corrected chi connectivity index (χ1v) is 12.1. The molecule has 1 aliphatic carbocycles. The number of carbonyl (C=O) groups is 1. The standard InChI is InChI=1S/C24H21F2NO2.C4H10.C2H6.H2/c1-3-11-27-15-20(23(28)4-2)24(29)14-22(27)17-8-6-5-7-16(12-17)19-10-9-18(25)13-21(19)26;1-4(2)3;1-2;/h4,6-10,12-15H,2-3,5,11H2,1H3;4H,1-3H3;1-2H3;1H. The van der Waals surface area contributed by atoms with Crippen LogP contribution in [0, 0.1) is 17.6 Å². The van der Waals surface area contributed by atoms with Gasteiger partial charge in [-0.25, -0.2) is 8.78 Å². The number of hydrogen-bond acceptors (Lipinski definition) is 2. The van der Waals surface area contributed by atoms with Crippen LogP contribution in [-0.2, 0) is 6.54 Å². The van der Waals surface area contributed by atoms with Gasteiger partial charge in [-0.05, 0) is 54.2 Å². The molecule has 0 saturated heterocycles. The van der Waals surface area contributed by atoms with Gasteiger partial charge < -0.3 is 4.57 Å². The highest BCUT2D eigenvalue weighted by molar-refractivity contribution is 6.04. The molecular formula is C30H39F2NO2. The number of aryl methyl sites for hydroxylation is 1. The summed E-state index contributed by atoms with van der Waals surface area (Å²) in [6.07, 6.45) is 11.4. The summed E-state index contributed by atoms with van der Waals surface area (Å²) in [7, 11) is 0. The highest BCUT2D eigenvalue weighted by atomic mass is 19.1. The van der Waals surface area contributed by atoms with Crippen molar-refractivity contribution in [1.29, 1.82) is 0 Å². The van der Waals surface area contributed by atoms with Crippen LogP contribution in [0.3, 0.4) is 0 Å². The van der Waals surface area contributed by atoms with Crippen molar-refractivity contribution in [2.45, 2.75) is 60.9 Å². The number of ketones is 1. The van der Waals surface area contributed by atoms with E-state index in [1.807, 2.05) is 43.6 Å². The molecule has 0 amide bonds. The van der Waals surface area contributed by atoms with Crippen LogP contribution >= 0.6 is 0 Å². The van der Waals surface area contributed by atoms with Crippen LogP contribution in [0.15, 0.2) is 72.2 Å². The van der Waals surface area contributed by atoms with Crippen molar-refractivity contribution >= 4 is 16.9 Å². The molecule has 2 aromatic rings. The fraction of sp³-hybridized carbons (Fsp3) is 0.333. The summed E-state index contributed by atoms with van der Waals surface area (Å²) in [5, 5.41) is 0. The van der Waals surface area contributed by atoms with Gasteiger partial charge in [-0.15, -0.1) is 0 Å². The number of aromatic nitrogens is 1. The van der Waals surface area contributed by atoms with Crippen molar-refractivity contribution < 1.29 is 15.0 Å². The summed E-state index contributed by atoms with van der Waals surface area (Å²) in [5.41, 5.74) is 1.90. The van der Waals surface area contributed by atoms with E-state index in [0.29, 0.717) is 29.8 Å². The third-order valence-electron chi connectivity index (χ3n) is 4.66. The van der Waals surface area contributed by atoms with Crippen molar-refractivity contribution in [2.24, 2.45) is 5.92 Å². The summed E-state index contributed by atoms with van der Waals surface area (Å²) in [6, 6.07) is 4.89. The number of hydrogen-bond donors (Lipinski definition) is 0. The van der Waals surface area contributed by atoms with E-state index in [0.717, 1.165) is 24.5 Å². The minimum absolute atomic E-state index is 0. The zero-order valence-electron chi connectivity index (χ0n) is 21.7. The van der Waals surface area contributed by atoms with E-state index >= 15 is 0 Å². The Morgan fingerprint density at radius 3 is 2.40 bits per heavy atom. The Morgan fingerprint density at radius 2 is 1.83 bits per heavy atom. The SMILES string of the molecule is C=CC(=O)c1cn(CCC)c(C2=CC(c3ccc(F)cc3F)=CCC=C2)cc1=O.CC.CC(C)C.[HH]. The topological polar surface area (TPSA) is 39.1 Å². The van der Waals surface area contributed by atoms with Gasteiger partial charge in [-0.2, -0.15) is 0 Å². The molecule has 0 N–H and O–H groups in total. The van der Waals surface area contributed by atoms with E-state index in [4.69, 9.17) is 0 Å². The molecule has 0 saturated carbocycles. The molecule has 1 aliphatic rings. The summed E-state index contributed by atoms with van der Waals surface area (Å²) >= 11 is 0. The van der Waals surface area contributed by atoms with Crippen molar-refractivity contribution in [3.8, 4) is 0 Å². The van der Waals surface area contributed by atoms with Gasteiger partial charge in [0.05, 0.1) is 11.3 Å². The van der Waals surface area contributed by atoms with Crippen molar-refractivity contribution in [3.63, 3.8) is 0 Å². The average Bonchev–Trinajstić information content (AvgIpc) is 3.07. The Bertz CT molecular complexity index is 1170. The first-order chi connectivity index (χ1) is 16.7. The lowest BCUT2D eigenvalue weighted by Gasteiger charge is -2.15. The van der Waals surface area contributed by atoms with Gasteiger partial charge in [-0.1, -0.05) is 66.3 Å². The van der Waals surface area contributed by atoms with Crippen LogP contribution in [0.1, 0.15) is 77.4 Å². The lowest BCUT2D eigenvalue weighted by Crippen LogP contribution is -2.19. The fourth-order valence-corrected chi connectivity index (χ4v) is 3.28. The molecule has 0 fully saturated rings. The molecule has 1 heterocycles. The van der Waals surface area contributed by atoms with Crippen molar-refractivity contribution in [1.82, 2.24) is 4.57 Å². The largest absolute Gasteiger partial charge is 0.347 e. The zero-order chi connectivity index (χ0) is 26.5. The molecule has 5 heteroatoms. The van der Waals surface area contributed by atoms with E-state index < -0.39 is 22.8 Å². The van der Waals surface area contributed by atoms with Crippen molar-refractivity contribution in [2.75, 3.05) is 0 Å². The Balaban J connectivity index is 0.00000159. The maximum Gasteiger partial charge on any atom is 0.193 e. The summed E-state index contributed by atoms with van der Waals surface area (Å²) < 4.78 is 29.4. The normalized spacial score (nSPS) is 12.4. The molecule has 35 heavy (non-hydrogen) atoms. The predicted molar refractivity (Wildman–Crippen MR) is 146 cm³/mol. The first kappa shape index (κ1) is 29.7. The Morgan fingerprint density at radius 1 is 1.17 bits per heavy atom. The first-order valence-electron chi connectivity index (χ1n) is 12.1. The molecule has 0 atom stereocenters. The van der Waals surface area contributed by atoms with Crippen LogP contribution in [0.2, 0.25) is 0 Å². The fourth-order valence-electron chi connectivity index (χ4n) is 3.28. The maximum atomic E-state index is 14.3. The second kappa shape index (κ2) is 14.8. The van der Waals surface area contributed by atoms with Gasteiger partial charge in [-0.3, -0.25) is 9.59 Å². The number of halogens is 2. The molecule has 0 unspecified atom stereocenters. The zero-order valence-corrected chi connectivity index (χ0v) is 21.7. The highest BCUT2D eigenvalue weighted by Crippen LogP contribution is 2.28. The summed E-state index contributed by atoms with van der Waals surface area (Å²) in [5.74, 6) is -0.876. The maximum absolute atomic E-state index is 14.3. The molecule has 3 nitrogen and oxygen atoms in total. The number of allylic oxidation sites excluding steroid dienone is 7. The van der Waals surface area contributed by atoms with Gasteiger partial charge in [0.25, 0.3) is 0 Å². The number of nitrogens with zero attached hydrogens (tertiary/aromatic N) is 1. The molecule has 0 spiro atoms. The summed E-state index contributed by atoms with van der Waals surface area (Å²) in [4.78, 5) is 24.5. The third kappa shape index (κ3) is 8.75. The molecule has 1 aromatic carbocycles. The van der Waals surface area contributed by atoms with E-state index in [-0.39, 0.29) is 12.6 Å². The van der Waals surface area contributed by atoms with Gasteiger partial charge in [0.2, 0.25) is 0 Å². The highest BCUT2D eigenvalue weighted by Gasteiger charge is 2.15. The molecule has 0 bridgehead atoms. The lowest BCUT2D eigenvalue weighted by molar-refractivity contribution is 0.104. The molecule has 0 radical (unpaired) electrons. The average molecular weight is 484 g/mol. The Hall–Kier alpha value is -3.34. The van der Waals surface area contributed by atoms with Crippen LogP contribution in [0.4, 0.5) is 8.78 Å². The quantitative estimate of drug-likeness (QED) is 0.306. The number of rotatable bonds is 6. The monoisotopic (exact) mass is 483 g/mol. The molecule has 190 valence electrons. The van der Waals surface area contributed by atoms with Gasteiger partial charge in [0.1, 0.15) is 11.6 Å². The van der Waals surface area contributed by atoms with Gasteiger partial charge >= 0.3 is 0 Å². The van der Waals surface area contributed by atoms with Crippen LogP contribution in [-0.4, -0.2) is 10.4 Å². The lowest BCUT2D eigenvalue weighted by atomic mass is 10.0. The molecule has 1 aromatic heterocycles. The van der Waals surface area contributed by atoms with E-state index in [2.05, 4.69) is 27.4 Å². The van der Waals surface area contributed by atoms with Crippen LogP contribution in [0.25, 0.3) is 11.1 Å². The van der Waals surface area contributed by atoms with E-state index in [1.54, 1.807) is 12.3 Å². The molecular weight excluding hydrogens is 444 g/mol. The number of pyridine rings is 1. The third-order valence-corrected chi connectivity index (χ3v) is 4.66. The van der Waals surface area contributed by atoms with Crippen LogP contribution < -0.4 is 5.43 Å². The van der Waals surface area contributed by atoms with Gasteiger partial charge in [0.15, 0.2) is 11.2 Å².